The molecule has 2 unspecified atom stereocenters. The molecule has 0 spiro atoms. The number of fused-ring (bicyclic) bond motifs is 1. The van der Waals surface area contributed by atoms with Crippen LogP contribution < -0.4 is 5.32 Å². The van der Waals surface area contributed by atoms with Crippen molar-refractivity contribution >= 4 is 11.8 Å². The van der Waals surface area contributed by atoms with E-state index < -0.39 is 24.2 Å². The number of halogens is 2. The second-order valence-electron chi connectivity index (χ2n) is 8.63. The van der Waals surface area contributed by atoms with Crippen LogP contribution in [0.5, 0.6) is 0 Å². The van der Waals surface area contributed by atoms with Gasteiger partial charge in [0.05, 0.1) is 6.42 Å². The number of hydrogen-bond donors (Lipinski definition) is 2. The first-order chi connectivity index (χ1) is 14.7. The molecule has 0 fully saturated rings. The van der Waals surface area contributed by atoms with Gasteiger partial charge in [-0.1, -0.05) is 13.0 Å². The molecule has 1 aliphatic rings. The van der Waals surface area contributed by atoms with Gasteiger partial charge in [-0.3, -0.25) is 4.79 Å². The zero-order chi connectivity index (χ0) is 22.4. The fourth-order valence-corrected chi connectivity index (χ4v) is 3.99. The summed E-state index contributed by atoms with van der Waals surface area (Å²) in [6, 6.07) is 4.06. The van der Waals surface area contributed by atoms with Crippen molar-refractivity contribution < 1.29 is 18.7 Å². The number of rotatable bonds is 10. The number of aryl methyl sites for hydroxylation is 2. The summed E-state index contributed by atoms with van der Waals surface area (Å²) in [6.45, 7) is 4.79. The molecule has 0 radical (unpaired) electrons. The van der Waals surface area contributed by atoms with E-state index in [9.17, 15) is 13.6 Å². The van der Waals surface area contributed by atoms with Gasteiger partial charge in [-0.05, 0) is 55.7 Å². The van der Waals surface area contributed by atoms with Crippen molar-refractivity contribution in [1.82, 2.24) is 15.0 Å². The van der Waals surface area contributed by atoms with Gasteiger partial charge in [-0.15, -0.1) is 0 Å². The largest absolute Gasteiger partial charge is 0.481 e. The van der Waals surface area contributed by atoms with Crippen molar-refractivity contribution in [2.45, 2.75) is 70.6 Å². The highest BCUT2D eigenvalue weighted by molar-refractivity contribution is 5.68. The molecule has 6 nitrogen and oxygen atoms in total. The second kappa shape index (κ2) is 10.1. The van der Waals surface area contributed by atoms with Crippen LogP contribution in [-0.2, 0) is 17.6 Å². The number of pyridine rings is 1. The summed E-state index contributed by atoms with van der Waals surface area (Å²) in [5.74, 6) is -2.86. The molecular formula is C23H30F2N4O2. The Hall–Kier alpha value is -2.64. The lowest BCUT2D eigenvalue weighted by atomic mass is 9.89. The number of hydrogen-bond acceptors (Lipinski definition) is 5. The van der Waals surface area contributed by atoms with Crippen LogP contribution in [-0.4, -0.2) is 38.5 Å². The van der Waals surface area contributed by atoms with E-state index in [1.165, 1.54) is 18.0 Å². The van der Waals surface area contributed by atoms with Crippen LogP contribution in [0.15, 0.2) is 24.5 Å². The van der Waals surface area contributed by atoms with Crippen molar-refractivity contribution in [3.63, 3.8) is 0 Å². The van der Waals surface area contributed by atoms with E-state index in [1.807, 2.05) is 6.07 Å². The average molecular weight is 433 g/mol. The maximum Gasteiger partial charge on any atom is 0.303 e. The van der Waals surface area contributed by atoms with Gasteiger partial charge in [0.1, 0.15) is 11.6 Å². The number of carboxylic acids is 1. The number of anilines is 1. The third-order valence-electron chi connectivity index (χ3n) is 5.69. The summed E-state index contributed by atoms with van der Waals surface area (Å²) in [5.41, 5.74) is 2.55. The minimum atomic E-state index is -2.95. The number of aromatic nitrogens is 3. The molecule has 2 aromatic rings. The smallest absolute Gasteiger partial charge is 0.303 e. The Labute approximate surface area is 181 Å². The molecule has 0 amide bonds. The predicted octanol–water partition coefficient (Wildman–Crippen LogP) is 4.78. The van der Waals surface area contributed by atoms with Crippen molar-refractivity contribution in [2.24, 2.45) is 5.92 Å². The monoisotopic (exact) mass is 432 g/mol. The normalized spacial score (nSPS) is 17.0. The Morgan fingerprint density at radius 3 is 2.74 bits per heavy atom. The SMILES string of the molecule is Cc1ncc(C(CC(=O)O)CC(F)(F)CCCCc2ccc3c(n2)NCC(C)C3)cn1. The molecule has 3 rings (SSSR count). The lowest BCUT2D eigenvalue weighted by Gasteiger charge is -2.23. The van der Waals surface area contributed by atoms with Gasteiger partial charge in [-0.2, -0.15) is 0 Å². The number of unbranched alkanes of at least 4 members (excludes halogenated alkanes) is 1. The fourth-order valence-electron chi connectivity index (χ4n) is 3.99. The Balaban J connectivity index is 1.51. The molecule has 31 heavy (non-hydrogen) atoms. The van der Waals surface area contributed by atoms with Crippen LogP contribution in [0.2, 0.25) is 0 Å². The topological polar surface area (TPSA) is 88.0 Å². The molecule has 3 heterocycles. The van der Waals surface area contributed by atoms with Crippen LogP contribution in [0.3, 0.4) is 0 Å². The molecule has 8 heteroatoms. The molecule has 0 bridgehead atoms. The number of alkyl halides is 2. The zero-order valence-corrected chi connectivity index (χ0v) is 18.1. The number of nitrogens with zero attached hydrogens (tertiary/aromatic N) is 3. The molecule has 2 atom stereocenters. The zero-order valence-electron chi connectivity index (χ0n) is 18.1. The molecule has 168 valence electrons. The predicted molar refractivity (Wildman–Crippen MR) is 114 cm³/mol. The van der Waals surface area contributed by atoms with Gasteiger partial charge in [0.25, 0.3) is 0 Å². The summed E-state index contributed by atoms with van der Waals surface area (Å²) < 4.78 is 29.2. The van der Waals surface area contributed by atoms with E-state index >= 15 is 0 Å². The Kier molecular flexibility index (Phi) is 7.51. The summed E-state index contributed by atoms with van der Waals surface area (Å²) >= 11 is 0. The van der Waals surface area contributed by atoms with Gasteiger partial charge >= 0.3 is 5.97 Å². The molecule has 1 aliphatic heterocycles. The van der Waals surface area contributed by atoms with E-state index in [-0.39, 0.29) is 12.8 Å². The van der Waals surface area contributed by atoms with Crippen LogP contribution in [0.25, 0.3) is 0 Å². The van der Waals surface area contributed by atoms with Crippen molar-refractivity contribution in [3.8, 4) is 0 Å². The maximum absolute atomic E-state index is 14.6. The Morgan fingerprint density at radius 2 is 2.03 bits per heavy atom. The second-order valence-corrected chi connectivity index (χ2v) is 8.63. The number of nitrogens with one attached hydrogen (secondary N) is 1. The van der Waals surface area contributed by atoms with E-state index in [1.54, 1.807) is 6.92 Å². The van der Waals surface area contributed by atoms with Crippen molar-refractivity contribution in [1.29, 1.82) is 0 Å². The standard InChI is InChI=1S/C23H30F2N4O2/c1-15-9-17-6-7-20(29-22(17)28-12-15)5-3-4-8-23(24,25)11-18(10-21(30)31)19-13-26-16(2)27-14-19/h6-7,13-15,18H,3-5,8-12H2,1-2H3,(H,28,29)(H,30,31). The third kappa shape index (κ3) is 6.94. The van der Waals surface area contributed by atoms with Crippen LogP contribution in [0, 0.1) is 12.8 Å². The molecule has 0 aliphatic carbocycles. The van der Waals surface area contributed by atoms with Gasteiger partial charge < -0.3 is 10.4 Å². The highest BCUT2D eigenvalue weighted by Crippen LogP contribution is 2.35. The van der Waals surface area contributed by atoms with E-state index in [0.29, 0.717) is 36.6 Å². The highest BCUT2D eigenvalue weighted by Gasteiger charge is 2.34. The van der Waals surface area contributed by atoms with Crippen molar-refractivity contribution in [2.75, 3.05) is 11.9 Å². The first-order valence-corrected chi connectivity index (χ1v) is 10.8. The number of carboxylic acid groups (broad SMARTS) is 1. The van der Waals surface area contributed by atoms with Crippen LogP contribution in [0.4, 0.5) is 14.6 Å². The fraction of sp³-hybridized carbons (Fsp3) is 0.565. The third-order valence-corrected chi connectivity index (χ3v) is 5.69. The summed E-state index contributed by atoms with van der Waals surface area (Å²) in [4.78, 5) is 23.8. The summed E-state index contributed by atoms with van der Waals surface area (Å²) in [6.07, 6.45) is 4.32. The Bertz CT molecular complexity index is 890. The minimum absolute atomic E-state index is 0.281. The molecule has 2 N–H and O–H groups in total. The molecule has 0 saturated heterocycles. The van der Waals surface area contributed by atoms with Crippen molar-refractivity contribution in [3.05, 3.63) is 47.2 Å². The lowest BCUT2D eigenvalue weighted by Crippen LogP contribution is -2.22. The highest BCUT2D eigenvalue weighted by atomic mass is 19.3. The number of aliphatic carboxylic acids is 1. The van der Waals surface area contributed by atoms with Gasteiger partial charge in [0, 0.05) is 43.4 Å². The quantitative estimate of drug-likeness (QED) is 0.525. The van der Waals surface area contributed by atoms with Gasteiger partial charge in [0.2, 0.25) is 5.92 Å². The minimum Gasteiger partial charge on any atom is -0.481 e. The molecular weight excluding hydrogens is 402 g/mol. The van der Waals surface area contributed by atoms with E-state index in [2.05, 4.69) is 33.3 Å². The number of carbonyl (C=O) groups is 1. The lowest BCUT2D eigenvalue weighted by molar-refractivity contribution is -0.138. The average Bonchev–Trinajstić information content (AvgIpc) is 2.71. The molecule has 0 aromatic carbocycles. The summed E-state index contributed by atoms with van der Waals surface area (Å²) in [5, 5.41) is 12.5. The van der Waals surface area contributed by atoms with Crippen LogP contribution >= 0.6 is 0 Å². The summed E-state index contributed by atoms with van der Waals surface area (Å²) in [7, 11) is 0. The van der Waals surface area contributed by atoms with Gasteiger partial charge in [0.15, 0.2) is 0 Å². The van der Waals surface area contributed by atoms with E-state index in [4.69, 9.17) is 5.11 Å². The maximum atomic E-state index is 14.6. The van der Waals surface area contributed by atoms with E-state index in [0.717, 1.165) is 24.5 Å². The van der Waals surface area contributed by atoms with Gasteiger partial charge in [-0.25, -0.2) is 23.7 Å². The first kappa shape index (κ1) is 23.0. The van der Waals surface area contributed by atoms with Crippen LogP contribution in [0.1, 0.15) is 67.6 Å². The molecule has 2 aromatic heterocycles. The Morgan fingerprint density at radius 1 is 1.29 bits per heavy atom. The molecule has 0 saturated carbocycles. The first-order valence-electron chi connectivity index (χ1n) is 10.8.